The first kappa shape index (κ1) is 6.86. The molecule has 2 rings (SSSR count). The lowest BCUT2D eigenvalue weighted by molar-refractivity contribution is 1.16. The van der Waals surface area contributed by atoms with Crippen LogP contribution in [-0.4, -0.2) is 0 Å². The molecule has 0 aliphatic rings. The van der Waals surface area contributed by atoms with E-state index in [0.29, 0.717) is 0 Å². The number of benzene rings is 1. The average molecular weight is 161 g/mol. The van der Waals surface area contributed by atoms with Gasteiger partial charge < -0.3 is 0 Å². The third-order valence-electron chi connectivity index (χ3n) is 1.91. The zero-order valence-electron chi connectivity index (χ0n) is 6.42. The molecular weight excluding hydrogens is 152 g/mol. The van der Waals surface area contributed by atoms with Crippen LogP contribution in [0.3, 0.4) is 0 Å². The Morgan fingerprint density at radius 3 is 3.18 bits per heavy atom. The summed E-state index contributed by atoms with van der Waals surface area (Å²) in [6.45, 7) is 2.19. The predicted molar refractivity (Wildman–Crippen MR) is 50.0 cm³/mol. The van der Waals surface area contributed by atoms with Crippen LogP contribution in [0.5, 0.6) is 0 Å². The van der Waals surface area contributed by atoms with Crippen molar-refractivity contribution in [2.24, 2.45) is 0 Å². The molecule has 0 saturated carbocycles. The molecule has 1 aromatic heterocycles. The maximum absolute atomic E-state index is 3.15. The van der Waals surface area contributed by atoms with Crippen LogP contribution in [0.4, 0.5) is 0 Å². The topological polar surface area (TPSA) is 0 Å². The van der Waals surface area contributed by atoms with E-state index in [1.54, 1.807) is 11.3 Å². The third-order valence-corrected chi connectivity index (χ3v) is 2.72. The summed E-state index contributed by atoms with van der Waals surface area (Å²) in [6, 6.07) is 8.53. The van der Waals surface area contributed by atoms with E-state index in [9.17, 15) is 0 Å². The second-order valence-electron chi connectivity index (χ2n) is 2.55. The van der Waals surface area contributed by atoms with Gasteiger partial charge in [-0.3, -0.25) is 0 Å². The fourth-order valence-electron chi connectivity index (χ4n) is 1.30. The van der Waals surface area contributed by atoms with Gasteiger partial charge in [0, 0.05) is 10.1 Å². The molecule has 0 amide bonds. The van der Waals surface area contributed by atoms with Crippen LogP contribution in [0, 0.1) is 5.38 Å². The lowest BCUT2D eigenvalue weighted by atomic mass is 10.1. The molecule has 0 spiro atoms. The zero-order valence-corrected chi connectivity index (χ0v) is 7.24. The molecule has 1 radical (unpaired) electrons. The van der Waals surface area contributed by atoms with Crippen molar-refractivity contribution in [3.8, 4) is 0 Å². The van der Waals surface area contributed by atoms with Crippen LogP contribution >= 0.6 is 11.3 Å². The van der Waals surface area contributed by atoms with Crippen LogP contribution in [0.15, 0.2) is 24.3 Å². The minimum absolute atomic E-state index is 1.11. The molecule has 1 heteroatoms. The molecule has 2 aromatic rings. The van der Waals surface area contributed by atoms with Crippen LogP contribution in [0.25, 0.3) is 10.1 Å². The van der Waals surface area contributed by atoms with Crippen molar-refractivity contribution < 1.29 is 0 Å². The zero-order chi connectivity index (χ0) is 7.68. The Morgan fingerprint density at radius 1 is 1.45 bits per heavy atom. The number of hydrogen-bond acceptors (Lipinski definition) is 1. The van der Waals surface area contributed by atoms with Gasteiger partial charge in [-0.25, -0.2) is 0 Å². The molecule has 0 unspecified atom stereocenters. The van der Waals surface area contributed by atoms with Gasteiger partial charge in [-0.15, -0.1) is 11.3 Å². The highest BCUT2D eigenvalue weighted by Crippen LogP contribution is 2.23. The second kappa shape index (κ2) is 2.67. The molecule has 1 heterocycles. The fraction of sp³-hybridized carbons (Fsp3) is 0.200. The smallest absolute Gasteiger partial charge is 0.0455 e. The highest BCUT2D eigenvalue weighted by atomic mass is 32.1. The summed E-state index contributed by atoms with van der Waals surface area (Å²) < 4.78 is 1.35. The van der Waals surface area contributed by atoms with E-state index in [1.165, 1.54) is 15.6 Å². The molecule has 1 aromatic carbocycles. The van der Waals surface area contributed by atoms with Crippen molar-refractivity contribution in [3.05, 3.63) is 35.2 Å². The van der Waals surface area contributed by atoms with Crippen LogP contribution in [-0.2, 0) is 6.42 Å². The first-order valence-corrected chi connectivity index (χ1v) is 4.61. The van der Waals surface area contributed by atoms with Gasteiger partial charge in [0.05, 0.1) is 0 Å². The van der Waals surface area contributed by atoms with Gasteiger partial charge in [0.1, 0.15) is 0 Å². The van der Waals surface area contributed by atoms with Crippen molar-refractivity contribution in [3.63, 3.8) is 0 Å². The lowest BCUT2D eigenvalue weighted by Crippen LogP contribution is -1.77. The van der Waals surface area contributed by atoms with E-state index in [1.807, 2.05) is 0 Å². The molecule has 0 fully saturated rings. The number of rotatable bonds is 1. The van der Waals surface area contributed by atoms with E-state index >= 15 is 0 Å². The second-order valence-corrected chi connectivity index (χ2v) is 3.43. The molecular formula is C10H9S. The van der Waals surface area contributed by atoms with E-state index in [-0.39, 0.29) is 0 Å². The largest absolute Gasteiger partial charge is 0.134 e. The predicted octanol–water partition coefficient (Wildman–Crippen LogP) is 3.26. The molecule has 11 heavy (non-hydrogen) atoms. The first-order valence-electron chi connectivity index (χ1n) is 3.79. The lowest BCUT2D eigenvalue weighted by Gasteiger charge is -1.96. The summed E-state index contributed by atoms with van der Waals surface area (Å²) in [6.07, 6.45) is 1.11. The van der Waals surface area contributed by atoms with Crippen molar-refractivity contribution in [1.29, 1.82) is 0 Å². The molecule has 0 atom stereocenters. The van der Waals surface area contributed by atoms with Gasteiger partial charge in [0.15, 0.2) is 0 Å². The third kappa shape index (κ3) is 1.05. The van der Waals surface area contributed by atoms with E-state index in [2.05, 4.69) is 36.6 Å². The van der Waals surface area contributed by atoms with Gasteiger partial charge in [-0.05, 0) is 29.5 Å². The Bertz CT molecular complexity index is 360. The monoisotopic (exact) mass is 161 g/mol. The Labute approximate surface area is 70.5 Å². The van der Waals surface area contributed by atoms with E-state index < -0.39 is 0 Å². The molecule has 0 aliphatic carbocycles. The summed E-state index contributed by atoms with van der Waals surface area (Å²) in [4.78, 5) is 0. The number of hydrogen-bond donors (Lipinski definition) is 0. The summed E-state index contributed by atoms with van der Waals surface area (Å²) in [7, 11) is 0. The fourth-order valence-corrected chi connectivity index (χ4v) is 2.05. The van der Waals surface area contributed by atoms with E-state index in [0.717, 1.165) is 6.42 Å². The van der Waals surface area contributed by atoms with Gasteiger partial charge in [0.2, 0.25) is 0 Å². The maximum Gasteiger partial charge on any atom is 0.0455 e. The van der Waals surface area contributed by atoms with Crippen molar-refractivity contribution >= 4 is 21.4 Å². The molecule has 0 saturated heterocycles. The normalized spacial score (nSPS) is 10.6. The van der Waals surface area contributed by atoms with Crippen molar-refractivity contribution in [2.45, 2.75) is 13.3 Å². The quantitative estimate of drug-likeness (QED) is 0.602. The average Bonchev–Trinajstić information content (AvgIpc) is 2.50. The highest BCUT2D eigenvalue weighted by Gasteiger charge is 1.97. The minimum Gasteiger partial charge on any atom is -0.134 e. The van der Waals surface area contributed by atoms with Crippen molar-refractivity contribution in [2.75, 3.05) is 0 Å². The summed E-state index contributed by atoms with van der Waals surface area (Å²) >= 11 is 1.69. The van der Waals surface area contributed by atoms with Crippen LogP contribution in [0.1, 0.15) is 12.5 Å². The Morgan fingerprint density at radius 2 is 2.36 bits per heavy atom. The van der Waals surface area contributed by atoms with Crippen LogP contribution < -0.4 is 0 Å². The number of thiophene rings is 1. The van der Waals surface area contributed by atoms with Gasteiger partial charge >= 0.3 is 0 Å². The molecule has 55 valence electrons. The Hall–Kier alpha value is -0.820. The van der Waals surface area contributed by atoms with Gasteiger partial charge in [-0.2, -0.15) is 0 Å². The maximum atomic E-state index is 3.15. The van der Waals surface area contributed by atoms with Gasteiger partial charge in [-0.1, -0.05) is 19.1 Å². The number of aryl methyl sites for hydroxylation is 1. The van der Waals surface area contributed by atoms with Gasteiger partial charge in [0.25, 0.3) is 0 Å². The summed E-state index contributed by atoms with van der Waals surface area (Å²) in [5.74, 6) is 0. The Balaban J connectivity index is 2.79. The minimum atomic E-state index is 1.11. The number of fused-ring (bicyclic) bond motifs is 1. The van der Waals surface area contributed by atoms with Crippen molar-refractivity contribution in [1.82, 2.24) is 0 Å². The Kier molecular flexibility index (Phi) is 1.66. The van der Waals surface area contributed by atoms with Crippen LogP contribution in [0.2, 0.25) is 0 Å². The molecule has 0 nitrogen and oxygen atoms in total. The summed E-state index contributed by atoms with van der Waals surface area (Å²) in [5, 5.41) is 4.53. The molecule has 0 bridgehead atoms. The SMILES string of the molecule is CCc1cccc2s[c]cc12. The molecule has 0 N–H and O–H groups in total. The first-order chi connectivity index (χ1) is 5.42. The highest BCUT2D eigenvalue weighted by molar-refractivity contribution is 7.16. The molecule has 0 aliphatic heterocycles. The standard InChI is InChI=1S/C10H9S/c1-2-8-4-3-5-10-9(8)6-7-11-10/h3-6H,2H2,1H3. The van der Waals surface area contributed by atoms with E-state index in [4.69, 9.17) is 0 Å². The summed E-state index contributed by atoms with van der Waals surface area (Å²) in [5.41, 5.74) is 1.43.